The number of rotatable bonds is 5. The van der Waals surface area contributed by atoms with Crippen LogP contribution in [0.4, 0.5) is 4.39 Å². The summed E-state index contributed by atoms with van der Waals surface area (Å²) in [6.07, 6.45) is 0. The summed E-state index contributed by atoms with van der Waals surface area (Å²) in [5, 5.41) is 0. The Bertz CT molecular complexity index is 681. The second-order valence-electron chi connectivity index (χ2n) is 4.23. The molecule has 0 aliphatic carbocycles. The Balaban J connectivity index is 0. The molecule has 0 amide bonds. The number of hydrogen-bond acceptors (Lipinski definition) is 3. The molecule has 0 aliphatic rings. The van der Waals surface area contributed by atoms with Crippen LogP contribution in [0.15, 0.2) is 40.9 Å². The molecule has 1 aromatic heterocycles. The monoisotopic (exact) mass is 663 g/mol. The first-order chi connectivity index (χ1) is 10.0. The number of benzene rings is 1. The van der Waals surface area contributed by atoms with E-state index >= 15 is 0 Å². The average Bonchev–Trinajstić information content (AvgIpc) is 2.47. The molecule has 2 atom stereocenters. The smallest absolute Gasteiger partial charge is 0.103 e. The second-order valence-corrected chi connectivity index (χ2v) is 6.24. The van der Waals surface area contributed by atoms with Crippen LogP contribution >= 0.6 is 15.9 Å². The maximum Gasteiger partial charge on any atom is 0.103 e. The molecule has 1 aromatic carbocycles. The third kappa shape index (κ3) is 7.57. The van der Waals surface area contributed by atoms with Gasteiger partial charge in [-0.05, 0) is 17.7 Å². The van der Waals surface area contributed by atoms with Crippen LogP contribution in [0.5, 0.6) is 0 Å². The maximum atomic E-state index is 13.6. The molecule has 0 aliphatic heterocycles. The van der Waals surface area contributed by atoms with Crippen molar-refractivity contribution in [3.63, 3.8) is 0 Å². The quantitative estimate of drug-likeness (QED) is 0.295. The molecular formula is C14H13BrFMo3N3OS-2. The molecule has 130 valence electrons. The van der Waals surface area contributed by atoms with Gasteiger partial charge in [-0.25, -0.2) is 0 Å². The van der Waals surface area contributed by atoms with E-state index in [0.29, 0.717) is 5.69 Å². The first-order valence-electron chi connectivity index (χ1n) is 5.97. The molecule has 2 aromatic rings. The number of nitrogens with two attached hydrogens (primary N) is 1. The third-order valence-electron chi connectivity index (χ3n) is 2.78. The van der Waals surface area contributed by atoms with Crippen molar-refractivity contribution in [3.8, 4) is 0 Å². The predicted octanol–water partition coefficient (Wildman–Crippen LogP) is 2.58. The zero-order chi connectivity index (χ0) is 15.4. The number of halogens is 2. The van der Waals surface area contributed by atoms with Crippen LogP contribution in [0.25, 0.3) is 0 Å². The van der Waals surface area contributed by atoms with Crippen molar-refractivity contribution < 1.29 is 71.8 Å². The zero-order valence-electron chi connectivity index (χ0n) is 12.1. The summed E-state index contributed by atoms with van der Waals surface area (Å²) in [5.74, 6) is 0.369. The van der Waals surface area contributed by atoms with E-state index in [9.17, 15) is 8.60 Å². The van der Waals surface area contributed by atoms with Crippen LogP contribution < -0.4 is 10.5 Å². The number of hydrogen-bond donors (Lipinski definition) is 2. The molecule has 24 heavy (non-hydrogen) atoms. The van der Waals surface area contributed by atoms with Crippen LogP contribution in [0.2, 0.25) is 0 Å². The molecule has 3 N–H and O–H groups in total. The van der Waals surface area contributed by atoms with Gasteiger partial charge in [0.15, 0.2) is 0 Å². The van der Waals surface area contributed by atoms with E-state index < -0.39 is 23.0 Å². The van der Waals surface area contributed by atoms with Crippen LogP contribution in [0, 0.1) is 18.7 Å². The summed E-state index contributed by atoms with van der Waals surface area (Å²) < 4.78 is 29.0. The molecular weight excluding hydrogens is 645 g/mol. The molecule has 2 unspecified atom stereocenters. The van der Waals surface area contributed by atoms with Crippen molar-refractivity contribution in [1.82, 2.24) is 9.71 Å². The van der Waals surface area contributed by atoms with Gasteiger partial charge in [0.05, 0.1) is 6.04 Å². The Morgan fingerprint density at radius 1 is 1.29 bits per heavy atom. The third-order valence-corrected chi connectivity index (χ3v) is 3.99. The topological polar surface area (TPSA) is 68.0 Å². The summed E-state index contributed by atoms with van der Waals surface area (Å²) in [4.78, 5) is 3.87. The van der Waals surface area contributed by atoms with Gasteiger partial charge < -0.3 is 5.73 Å². The molecule has 0 bridgehead atoms. The first-order valence-corrected chi connectivity index (χ1v) is 7.97. The van der Waals surface area contributed by atoms with Crippen molar-refractivity contribution in [2.24, 2.45) is 5.73 Å². The van der Waals surface area contributed by atoms with Gasteiger partial charge in [-0.2, -0.15) is 18.9 Å². The minimum Gasteiger partial charge on any atom is -0.470 e. The van der Waals surface area contributed by atoms with Gasteiger partial charge in [0.1, 0.15) is 5.95 Å². The van der Waals surface area contributed by atoms with E-state index in [2.05, 4.69) is 32.6 Å². The summed E-state index contributed by atoms with van der Waals surface area (Å²) >= 11 is 3.37. The number of nitrogens with zero attached hydrogens (tertiary/aromatic N) is 1. The Labute approximate surface area is 194 Å². The fourth-order valence-electron chi connectivity index (χ4n) is 1.78. The maximum absolute atomic E-state index is 13.6. The molecule has 2 rings (SSSR count). The van der Waals surface area contributed by atoms with Crippen molar-refractivity contribution in [3.05, 3.63) is 76.4 Å². The van der Waals surface area contributed by atoms with Crippen molar-refractivity contribution in [1.29, 1.82) is 0 Å². The standard InChI is InChI=1S/C14H13BrFN3OS.3Mo/c1-9-5-6-12(18-14(9)16)13(19-21(20)8-17)10-3-2-4-11(15)7-10;;;/h2-8,13,19H,1,17H2;;;/q-2;;;. The van der Waals surface area contributed by atoms with E-state index in [1.54, 1.807) is 6.07 Å². The number of nitrogens with one attached hydrogen (secondary N) is 1. The van der Waals surface area contributed by atoms with Gasteiger partial charge in [0, 0.05) is 73.4 Å². The molecule has 0 saturated carbocycles. The van der Waals surface area contributed by atoms with Crippen LogP contribution in [-0.4, -0.2) is 9.19 Å². The van der Waals surface area contributed by atoms with Crippen LogP contribution in [0.1, 0.15) is 22.9 Å². The Morgan fingerprint density at radius 2 is 1.96 bits per heavy atom. The van der Waals surface area contributed by atoms with E-state index in [1.165, 1.54) is 6.07 Å². The fraction of sp³-hybridized carbons (Fsp3) is 0.0714. The van der Waals surface area contributed by atoms with Crippen LogP contribution in [-0.2, 0) is 74.2 Å². The van der Waals surface area contributed by atoms with E-state index in [0.717, 1.165) is 15.9 Å². The zero-order valence-corrected chi connectivity index (χ0v) is 20.6. The van der Waals surface area contributed by atoms with E-state index in [-0.39, 0.29) is 68.8 Å². The fourth-order valence-corrected chi connectivity index (χ4v) is 2.76. The van der Waals surface area contributed by atoms with Gasteiger partial charge in [-0.3, -0.25) is 18.3 Å². The van der Waals surface area contributed by atoms with E-state index in [4.69, 9.17) is 5.73 Å². The van der Waals surface area contributed by atoms with Gasteiger partial charge in [-0.15, -0.1) is 5.56 Å². The summed E-state index contributed by atoms with van der Waals surface area (Å²) in [6.45, 7) is 3.53. The van der Waals surface area contributed by atoms with Crippen molar-refractivity contribution >= 4 is 26.9 Å². The SMILES string of the molecule is [CH2-]c1ccc(C(NS(=O)[CH-]N)c2cccc(Br)c2)nc1F.[Mo].[Mo].[Mo]. The minimum atomic E-state index is -1.57. The summed E-state index contributed by atoms with van der Waals surface area (Å²) in [7, 11) is -1.57. The normalized spacial score (nSPS) is 12.1. The Kier molecular flexibility index (Phi) is 14.7. The Morgan fingerprint density at radius 3 is 2.50 bits per heavy atom. The molecule has 0 spiro atoms. The molecule has 0 fully saturated rings. The van der Waals surface area contributed by atoms with Gasteiger partial charge in [-0.1, -0.05) is 45.1 Å². The molecule has 1 heterocycles. The number of pyridine rings is 1. The molecule has 10 heteroatoms. The predicted molar refractivity (Wildman–Crippen MR) is 84.4 cm³/mol. The van der Waals surface area contributed by atoms with Gasteiger partial charge in [0.25, 0.3) is 0 Å². The van der Waals surface area contributed by atoms with Gasteiger partial charge >= 0.3 is 0 Å². The minimum absolute atomic E-state index is 0. The second kappa shape index (κ2) is 13.0. The number of aromatic nitrogens is 1. The average molecular weight is 658 g/mol. The Hall–Kier alpha value is 0.785. The summed E-state index contributed by atoms with van der Waals surface area (Å²) in [5.41, 5.74) is 6.64. The van der Waals surface area contributed by atoms with E-state index in [1.807, 2.05) is 24.3 Å². The summed E-state index contributed by atoms with van der Waals surface area (Å²) in [6, 6.07) is 9.96. The largest absolute Gasteiger partial charge is 0.470 e. The van der Waals surface area contributed by atoms with Crippen LogP contribution in [0.3, 0.4) is 0 Å². The van der Waals surface area contributed by atoms with Gasteiger partial charge in [0.2, 0.25) is 0 Å². The van der Waals surface area contributed by atoms with Crippen molar-refractivity contribution in [2.45, 2.75) is 6.04 Å². The first kappa shape index (κ1) is 27.0. The van der Waals surface area contributed by atoms with Crippen molar-refractivity contribution in [2.75, 3.05) is 0 Å². The molecule has 4 nitrogen and oxygen atoms in total. The molecule has 0 saturated heterocycles. The molecule has 0 radical (unpaired) electrons.